The number of para-hydroxylation sites is 1. The van der Waals surface area contributed by atoms with Crippen LogP contribution in [0.2, 0.25) is 0 Å². The van der Waals surface area contributed by atoms with Gasteiger partial charge in [-0.2, -0.15) is 0 Å². The third-order valence-electron chi connectivity index (χ3n) is 3.17. The first-order valence-corrected chi connectivity index (χ1v) is 6.61. The van der Waals surface area contributed by atoms with Crippen molar-refractivity contribution < 1.29 is 9.47 Å². The highest BCUT2D eigenvalue weighted by Gasteiger charge is 2.09. The lowest BCUT2D eigenvalue weighted by atomic mass is 10.3. The smallest absolute Gasteiger partial charge is 0.169 e. The van der Waals surface area contributed by atoms with Gasteiger partial charge in [0.05, 0.1) is 11.9 Å². The maximum Gasteiger partial charge on any atom is 0.169 e. The Morgan fingerprint density at radius 2 is 1.90 bits per heavy atom. The van der Waals surface area contributed by atoms with Gasteiger partial charge in [-0.1, -0.05) is 18.2 Å². The zero-order valence-corrected chi connectivity index (χ0v) is 12.2. The molecule has 0 spiro atoms. The zero-order valence-electron chi connectivity index (χ0n) is 12.2. The van der Waals surface area contributed by atoms with E-state index in [-0.39, 0.29) is 6.29 Å². The van der Waals surface area contributed by atoms with E-state index in [4.69, 9.17) is 9.47 Å². The predicted octanol–water partition coefficient (Wildman–Crippen LogP) is 1.89. The monoisotopic (exact) mass is 275 g/mol. The molecule has 2 aromatic rings. The predicted molar refractivity (Wildman–Crippen MR) is 77.8 cm³/mol. The van der Waals surface area contributed by atoms with Crippen molar-refractivity contribution in [3.8, 4) is 5.69 Å². The molecular weight excluding hydrogens is 254 g/mol. The fourth-order valence-corrected chi connectivity index (χ4v) is 2.13. The molecule has 0 atom stereocenters. The van der Waals surface area contributed by atoms with Gasteiger partial charge in [0, 0.05) is 33.0 Å². The Morgan fingerprint density at radius 1 is 1.20 bits per heavy atom. The molecule has 1 N–H and O–H groups in total. The van der Waals surface area contributed by atoms with Gasteiger partial charge in [-0.3, -0.25) is 4.57 Å². The summed E-state index contributed by atoms with van der Waals surface area (Å²) in [5.41, 5.74) is 2.23. The maximum atomic E-state index is 5.15. The Balaban J connectivity index is 2.06. The lowest BCUT2D eigenvalue weighted by molar-refractivity contribution is -0.0989. The van der Waals surface area contributed by atoms with E-state index in [2.05, 4.69) is 27.0 Å². The van der Waals surface area contributed by atoms with Crippen molar-refractivity contribution in [2.75, 3.05) is 20.8 Å². The molecule has 5 nitrogen and oxygen atoms in total. The second-order valence-corrected chi connectivity index (χ2v) is 4.50. The van der Waals surface area contributed by atoms with Crippen LogP contribution in [0.1, 0.15) is 11.5 Å². The molecule has 108 valence electrons. The van der Waals surface area contributed by atoms with Crippen LogP contribution in [0.4, 0.5) is 0 Å². The van der Waals surface area contributed by atoms with Gasteiger partial charge >= 0.3 is 0 Å². The molecule has 0 aliphatic heterocycles. The summed E-state index contributed by atoms with van der Waals surface area (Å²) < 4.78 is 12.4. The molecule has 0 radical (unpaired) electrons. The summed E-state index contributed by atoms with van der Waals surface area (Å²) in [6, 6.07) is 10.2. The highest BCUT2D eigenvalue weighted by molar-refractivity contribution is 5.35. The van der Waals surface area contributed by atoms with Crippen molar-refractivity contribution in [3.05, 3.63) is 48.0 Å². The van der Waals surface area contributed by atoms with Gasteiger partial charge in [0.2, 0.25) is 0 Å². The first-order chi connectivity index (χ1) is 9.76. The molecule has 1 aromatic carbocycles. The van der Waals surface area contributed by atoms with Gasteiger partial charge in [-0.25, -0.2) is 4.98 Å². The molecular formula is C15H21N3O2. The summed E-state index contributed by atoms with van der Waals surface area (Å²) in [4.78, 5) is 4.39. The minimum atomic E-state index is -0.232. The number of aromatic nitrogens is 2. The minimum absolute atomic E-state index is 0.232. The third kappa shape index (κ3) is 3.45. The van der Waals surface area contributed by atoms with Crippen LogP contribution in [0.25, 0.3) is 5.69 Å². The third-order valence-corrected chi connectivity index (χ3v) is 3.17. The first kappa shape index (κ1) is 14.7. The molecule has 0 aliphatic carbocycles. The van der Waals surface area contributed by atoms with Gasteiger partial charge in [0.25, 0.3) is 0 Å². The van der Waals surface area contributed by atoms with Crippen molar-refractivity contribution in [3.63, 3.8) is 0 Å². The number of ether oxygens (including phenoxy) is 2. The number of methoxy groups -OCH3 is 2. The quantitative estimate of drug-likeness (QED) is 0.784. The summed E-state index contributed by atoms with van der Waals surface area (Å²) in [7, 11) is 3.27. The lowest BCUT2D eigenvalue weighted by Gasteiger charge is -2.15. The Bertz CT molecular complexity index is 521. The Hall–Kier alpha value is -1.69. The molecule has 0 bridgehead atoms. The highest BCUT2D eigenvalue weighted by atomic mass is 16.7. The first-order valence-electron chi connectivity index (χ1n) is 6.61. The van der Waals surface area contributed by atoms with Crippen molar-refractivity contribution in [1.82, 2.24) is 14.9 Å². The second-order valence-electron chi connectivity index (χ2n) is 4.50. The molecule has 0 fully saturated rings. The summed E-state index contributed by atoms with van der Waals surface area (Å²) in [6.45, 7) is 3.34. The standard InChI is InChI=1S/C15H21N3O2/c1-12-17-10-14(9-16-11-15(19-2)20-3)18(12)13-7-5-4-6-8-13/h4-8,10,15-16H,9,11H2,1-3H3. The summed E-state index contributed by atoms with van der Waals surface area (Å²) >= 11 is 0. The summed E-state index contributed by atoms with van der Waals surface area (Å²) in [6.07, 6.45) is 1.66. The number of nitrogens with one attached hydrogen (secondary N) is 1. The molecule has 0 amide bonds. The highest BCUT2D eigenvalue weighted by Crippen LogP contribution is 2.14. The van der Waals surface area contributed by atoms with Crippen molar-refractivity contribution in [2.24, 2.45) is 0 Å². The topological polar surface area (TPSA) is 48.3 Å². The van der Waals surface area contributed by atoms with Gasteiger partial charge in [-0.05, 0) is 19.1 Å². The number of hydrogen-bond donors (Lipinski definition) is 1. The van der Waals surface area contributed by atoms with Crippen LogP contribution in [-0.4, -0.2) is 36.6 Å². The second kappa shape index (κ2) is 7.19. The van der Waals surface area contributed by atoms with E-state index in [1.54, 1.807) is 14.2 Å². The van der Waals surface area contributed by atoms with E-state index in [0.29, 0.717) is 13.1 Å². The minimum Gasteiger partial charge on any atom is -0.355 e. The fraction of sp³-hybridized carbons (Fsp3) is 0.400. The molecule has 0 saturated carbocycles. The van der Waals surface area contributed by atoms with Gasteiger partial charge in [-0.15, -0.1) is 0 Å². The maximum absolute atomic E-state index is 5.15. The van der Waals surface area contributed by atoms with Crippen molar-refractivity contribution in [2.45, 2.75) is 19.8 Å². The van der Waals surface area contributed by atoms with Crippen LogP contribution < -0.4 is 5.32 Å². The number of rotatable bonds is 7. The van der Waals surface area contributed by atoms with E-state index in [9.17, 15) is 0 Å². The van der Waals surface area contributed by atoms with Crippen LogP contribution in [-0.2, 0) is 16.0 Å². The molecule has 0 aliphatic rings. The van der Waals surface area contributed by atoms with Gasteiger partial charge in [0.1, 0.15) is 5.82 Å². The Kier molecular flexibility index (Phi) is 5.29. The number of hydrogen-bond acceptors (Lipinski definition) is 4. The number of imidazole rings is 1. The van der Waals surface area contributed by atoms with Gasteiger partial charge < -0.3 is 14.8 Å². The van der Waals surface area contributed by atoms with Gasteiger partial charge in [0.15, 0.2) is 6.29 Å². The van der Waals surface area contributed by atoms with Crippen LogP contribution in [0.15, 0.2) is 36.5 Å². The van der Waals surface area contributed by atoms with E-state index in [0.717, 1.165) is 17.2 Å². The largest absolute Gasteiger partial charge is 0.355 e. The average Bonchev–Trinajstić information content (AvgIpc) is 2.85. The molecule has 5 heteroatoms. The van der Waals surface area contributed by atoms with Crippen LogP contribution in [0.5, 0.6) is 0 Å². The Morgan fingerprint density at radius 3 is 2.55 bits per heavy atom. The molecule has 0 saturated heterocycles. The molecule has 1 aromatic heterocycles. The van der Waals surface area contributed by atoms with E-state index in [1.165, 1.54) is 0 Å². The van der Waals surface area contributed by atoms with Crippen molar-refractivity contribution >= 4 is 0 Å². The lowest BCUT2D eigenvalue weighted by Crippen LogP contribution is -2.29. The van der Waals surface area contributed by atoms with E-state index < -0.39 is 0 Å². The molecule has 1 heterocycles. The normalized spacial score (nSPS) is 11.2. The molecule has 0 unspecified atom stereocenters. The van der Waals surface area contributed by atoms with Crippen LogP contribution in [0.3, 0.4) is 0 Å². The Labute approximate surface area is 119 Å². The van der Waals surface area contributed by atoms with E-state index >= 15 is 0 Å². The van der Waals surface area contributed by atoms with Crippen LogP contribution in [0, 0.1) is 6.92 Å². The van der Waals surface area contributed by atoms with Crippen LogP contribution >= 0.6 is 0 Å². The average molecular weight is 275 g/mol. The summed E-state index contributed by atoms with van der Waals surface area (Å²) in [5, 5.41) is 3.32. The molecule has 2 rings (SSSR count). The van der Waals surface area contributed by atoms with E-state index in [1.807, 2.05) is 31.3 Å². The van der Waals surface area contributed by atoms with Crippen molar-refractivity contribution in [1.29, 1.82) is 0 Å². The summed E-state index contributed by atoms with van der Waals surface area (Å²) in [5.74, 6) is 0.975. The number of aryl methyl sites for hydroxylation is 1. The number of nitrogens with zero attached hydrogens (tertiary/aromatic N) is 2. The number of benzene rings is 1. The SMILES string of the molecule is COC(CNCc1cnc(C)n1-c1ccccc1)OC. The molecule has 20 heavy (non-hydrogen) atoms. The fourth-order valence-electron chi connectivity index (χ4n) is 2.13. The zero-order chi connectivity index (χ0) is 14.4.